The van der Waals surface area contributed by atoms with Crippen LogP contribution in [-0.2, 0) is 4.79 Å². The van der Waals surface area contributed by atoms with E-state index >= 15 is 0 Å². The number of hydrogen-bond acceptors (Lipinski definition) is 5. The Morgan fingerprint density at radius 3 is 1.41 bits per heavy atom. The van der Waals surface area contributed by atoms with Gasteiger partial charge in [-0.05, 0) is 66.8 Å². The highest BCUT2D eigenvalue weighted by Gasteiger charge is 2.20. The molecule has 0 spiro atoms. The number of hydrogen-bond donors (Lipinski definition) is 0. The van der Waals surface area contributed by atoms with Crippen molar-refractivity contribution < 1.29 is 14.6 Å². The molecule has 0 bridgehead atoms. The van der Waals surface area contributed by atoms with Crippen LogP contribution in [-0.4, -0.2) is 15.6 Å². The van der Waals surface area contributed by atoms with E-state index in [2.05, 4.69) is 0 Å². The van der Waals surface area contributed by atoms with Crippen molar-refractivity contribution in [1.29, 1.82) is 0 Å². The topological polar surface area (TPSA) is 103 Å². The van der Waals surface area contributed by atoms with Crippen molar-refractivity contribution >= 4 is 29.3 Å². The van der Waals surface area contributed by atoms with Crippen LogP contribution < -0.4 is 0 Å². The van der Waals surface area contributed by atoms with E-state index in [1.54, 1.807) is 36.4 Å². The lowest BCUT2D eigenvalue weighted by atomic mass is 9.87. The van der Waals surface area contributed by atoms with Crippen LogP contribution in [0.2, 0.25) is 0 Å². The number of nitro benzene ring substituents is 2. The number of nitrogens with zero attached hydrogens (tertiary/aromatic N) is 2. The van der Waals surface area contributed by atoms with Gasteiger partial charge in [0.1, 0.15) is 0 Å². The molecule has 0 amide bonds. The molecule has 0 aliphatic heterocycles. The van der Waals surface area contributed by atoms with Crippen molar-refractivity contribution in [1.82, 2.24) is 0 Å². The molecule has 27 heavy (non-hydrogen) atoms. The Kier molecular flexibility index (Phi) is 5.21. The fraction of sp³-hybridized carbons (Fsp3) is 0.150. The van der Waals surface area contributed by atoms with Crippen molar-refractivity contribution in [3.05, 3.63) is 91.0 Å². The molecule has 1 fully saturated rings. The Morgan fingerprint density at radius 1 is 0.704 bits per heavy atom. The molecule has 0 unspecified atom stereocenters. The number of non-ortho nitro benzene ring substituents is 2. The fourth-order valence-electron chi connectivity index (χ4n) is 2.96. The molecule has 3 rings (SSSR count). The normalized spacial score (nSPS) is 17.3. The molecule has 1 aliphatic rings. The first-order valence-corrected chi connectivity index (χ1v) is 8.39. The van der Waals surface area contributed by atoms with Crippen molar-refractivity contribution in [2.45, 2.75) is 19.3 Å². The second kappa shape index (κ2) is 7.74. The maximum Gasteiger partial charge on any atom is 0.269 e. The average molecular weight is 364 g/mol. The zero-order valence-electron chi connectivity index (χ0n) is 14.3. The van der Waals surface area contributed by atoms with Gasteiger partial charge in [-0.3, -0.25) is 25.0 Å². The number of carbonyl (C=O) groups is 1. The Morgan fingerprint density at radius 2 is 1.07 bits per heavy atom. The SMILES string of the molecule is O=C1/C(=C\c2ccc([N+](=O)[O-])cc2)CCC/C1=C/c1ccc([N+](=O)[O-])cc1. The molecule has 136 valence electrons. The van der Waals surface area contributed by atoms with Gasteiger partial charge in [0.05, 0.1) is 9.85 Å². The maximum atomic E-state index is 12.7. The fourth-order valence-corrected chi connectivity index (χ4v) is 2.96. The van der Waals surface area contributed by atoms with Gasteiger partial charge in [-0.2, -0.15) is 0 Å². The largest absolute Gasteiger partial charge is 0.289 e. The first kappa shape index (κ1) is 18.2. The van der Waals surface area contributed by atoms with E-state index in [0.717, 1.165) is 17.5 Å². The predicted octanol–water partition coefficient (Wildman–Crippen LogP) is 4.72. The minimum Gasteiger partial charge on any atom is -0.289 e. The summed E-state index contributed by atoms with van der Waals surface area (Å²) >= 11 is 0. The van der Waals surface area contributed by atoms with Crippen molar-refractivity contribution in [2.24, 2.45) is 0 Å². The van der Waals surface area contributed by atoms with E-state index in [1.165, 1.54) is 24.3 Å². The van der Waals surface area contributed by atoms with Crippen molar-refractivity contribution in [3.63, 3.8) is 0 Å². The van der Waals surface area contributed by atoms with Crippen LogP contribution in [0.5, 0.6) is 0 Å². The van der Waals surface area contributed by atoms with E-state index in [4.69, 9.17) is 0 Å². The van der Waals surface area contributed by atoms with Gasteiger partial charge in [-0.25, -0.2) is 0 Å². The highest BCUT2D eigenvalue weighted by atomic mass is 16.6. The average Bonchev–Trinajstić information content (AvgIpc) is 2.66. The molecule has 0 aromatic heterocycles. The second-order valence-corrected chi connectivity index (χ2v) is 6.22. The summed E-state index contributed by atoms with van der Waals surface area (Å²) in [4.78, 5) is 33.2. The van der Waals surface area contributed by atoms with E-state index in [-0.39, 0.29) is 17.2 Å². The van der Waals surface area contributed by atoms with E-state index in [0.29, 0.717) is 24.0 Å². The molecule has 2 aromatic carbocycles. The van der Waals surface area contributed by atoms with Crippen LogP contribution in [0, 0.1) is 20.2 Å². The smallest absolute Gasteiger partial charge is 0.269 e. The van der Waals surface area contributed by atoms with Gasteiger partial charge in [-0.1, -0.05) is 0 Å². The number of benzene rings is 2. The Balaban J connectivity index is 1.82. The summed E-state index contributed by atoms with van der Waals surface area (Å²) in [5.41, 5.74) is 2.80. The van der Waals surface area contributed by atoms with Gasteiger partial charge in [0.15, 0.2) is 5.78 Å². The third-order valence-corrected chi connectivity index (χ3v) is 4.37. The lowest BCUT2D eigenvalue weighted by molar-refractivity contribution is -0.385. The van der Waals surface area contributed by atoms with E-state index < -0.39 is 9.85 Å². The zero-order chi connectivity index (χ0) is 19.4. The molecule has 7 nitrogen and oxygen atoms in total. The van der Waals surface area contributed by atoms with Crippen LogP contribution in [0.15, 0.2) is 59.7 Å². The van der Waals surface area contributed by atoms with Gasteiger partial charge < -0.3 is 0 Å². The third kappa shape index (κ3) is 4.33. The van der Waals surface area contributed by atoms with Crippen molar-refractivity contribution in [3.8, 4) is 0 Å². The molecular formula is C20H16N2O5. The first-order chi connectivity index (χ1) is 12.9. The number of carbonyl (C=O) groups excluding carboxylic acids is 1. The Bertz CT molecular complexity index is 879. The molecule has 0 radical (unpaired) electrons. The molecule has 1 aliphatic carbocycles. The standard InChI is InChI=1S/C20H16N2O5/c23-20-16(12-14-4-8-18(9-5-14)21(24)25)2-1-3-17(20)13-15-6-10-19(11-7-15)22(26)27/h4-13H,1-3H2/b16-12-,17-13-. The summed E-state index contributed by atoms with van der Waals surface area (Å²) in [5.74, 6) is -0.0574. The van der Waals surface area contributed by atoms with Gasteiger partial charge in [0.2, 0.25) is 0 Å². The highest BCUT2D eigenvalue weighted by Crippen LogP contribution is 2.28. The lowest BCUT2D eigenvalue weighted by Crippen LogP contribution is -2.12. The van der Waals surface area contributed by atoms with Crippen molar-refractivity contribution in [2.75, 3.05) is 0 Å². The summed E-state index contributed by atoms with van der Waals surface area (Å²) in [6.45, 7) is 0. The van der Waals surface area contributed by atoms with Gasteiger partial charge in [0.25, 0.3) is 11.4 Å². The summed E-state index contributed by atoms with van der Waals surface area (Å²) in [6.07, 6.45) is 5.63. The first-order valence-electron chi connectivity index (χ1n) is 8.39. The monoisotopic (exact) mass is 364 g/mol. The minimum absolute atomic E-state index is 0.00544. The lowest BCUT2D eigenvalue weighted by Gasteiger charge is -2.16. The summed E-state index contributed by atoms with van der Waals surface area (Å²) in [5, 5.41) is 21.4. The van der Waals surface area contributed by atoms with Gasteiger partial charge in [0, 0.05) is 35.4 Å². The maximum absolute atomic E-state index is 12.7. The van der Waals surface area contributed by atoms with Gasteiger partial charge in [-0.15, -0.1) is 0 Å². The Labute approximate surface area is 154 Å². The molecule has 0 heterocycles. The van der Waals surface area contributed by atoms with E-state index in [9.17, 15) is 25.0 Å². The molecule has 0 N–H and O–H groups in total. The summed E-state index contributed by atoms with van der Waals surface area (Å²) in [6, 6.07) is 12.1. The number of rotatable bonds is 4. The van der Waals surface area contributed by atoms with E-state index in [1.807, 2.05) is 0 Å². The quantitative estimate of drug-likeness (QED) is 0.443. The Hall–Kier alpha value is -3.61. The third-order valence-electron chi connectivity index (χ3n) is 4.37. The molecule has 2 aromatic rings. The number of nitro groups is 2. The van der Waals surface area contributed by atoms with Crippen LogP contribution >= 0.6 is 0 Å². The minimum atomic E-state index is -0.465. The number of ketones is 1. The predicted molar refractivity (Wildman–Crippen MR) is 101 cm³/mol. The van der Waals surface area contributed by atoms with Crippen LogP contribution in [0.4, 0.5) is 11.4 Å². The van der Waals surface area contributed by atoms with Crippen LogP contribution in [0.3, 0.4) is 0 Å². The highest BCUT2D eigenvalue weighted by molar-refractivity contribution is 6.13. The van der Waals surface area contributed by atoms with Gasteiger partial charge >= 0.3 is 0 Å². The summed E-state index contributed by atoms with van der Waals surface area (Å²) < 4.78 is 0. The molecular weight excluding hydrogens is 348 g/mol. The second-order valence-electron chi connectivity index (χ2n) is 6.22. The molecule has 0 atom stereocenters. The number of Topliss-reactive ketones (excluding diaryl/α,β-unsaturated/α-hetero) is 1. The molecule has 1 saturated carbocycles. The molecule has 7 heteroatoms. The van der Waals surface area contributed by atoms with Crippen LogP contribution in [0.25, 0.3) is 12.2 Å². The van der Waals surface area contributed by atoms with Crippen LogP contribution in [0.1, 0.15) is 30.4 Å². The molecule has 0 saturated heterocycles. The number of allylic oxidation sites excluding steroid dienone is 2. The summed E-state index contributed by atoms with van der Waals surface area (Å²) in [7, 11) is 0. The zero-order valence-corrected chi connectivity index (χ0v) is 14.3.